The molecule has 49 heavy (non-hydrogen) atoms. The van der Waals surface area contributed by atoms with E-state index < -0.39 is 64.2 Å². The summed E-state index contributed by atoms with van der Waals surface area (Å²) in [6.45, 7) is 1.74. The lowest BCUT2D eigenvalue weighted by atomic mass is 10.1. The number of hydrogen-bond donors (Lipinski definition) is 1. The Balaban J connectivity index is 1.55. The van der Waals surface area contributed by atoms with Crippen molar-refractivity contribution in [2.75, 3.05) is 38.2 Å². The summed E-state index contributed by atoms with van der Waals surface area (Å²) < 4.78 is 78.0. The first kappa shape index (κ1) is 35.2. The van der Waals surface area contributed by atoms with Gasteiger partial charge in [-0.15, -0.1) is 0 Å². The largest absolute Gasteiger partial charge is 0.496 e. The fraction of sp³-hybridized carbons (Fsp3) is 0.333. The van der Waals surface area contributed by atoms with Crippen LogP contribution in [0.25, 0.3) is 0 Å². The van der Waals surface area contributed by atoms with Gasteiger partial charge in [0.15, 0.2) is 0 Å². The second-order valence-corrected chi connectivity index (χ2v) is 11.7. The summed E-state index contributed by atoms with van der Waals surface area (Å²) in [7, 11) is 1.33. The fourth-order valence-corrected chi connectivity index (χ4v) is 6.09. The van der Waals surface area contributed by atoms with Crippen LogP contribution in [0.15, 0.2) is 70.3 Å². The van der Waals surface area contributed by atoms with Gasteiger partial charge in [-0.1, -0.05) is 18.2 Å². The van der Waals surface area contributed by atoms with Gasteiger partial charge in [0.25, 0.3) is 11.2 Å². The molecule has 16 heteroatoms. The van der Waals surface area contributed by atoms with Crippen molar-refractivity contribution >= 4 is 11.4 Å². The third-order valence-electron chi connectivity index (χ3n) is 8.58. The highest BCUT2D eigenvalue weighted by molar-refractivity contribution is 5.50. The molecule has 1 aliphatic rings. The number of methoxy groups -OCH3 is 1. The highest BCUT2D eigenvalue weighted by Gasteiger charge is 2.35. The molecule has 1 aromatic heterocycles. The molecular formula is C33H33F5N6O5. The minimum absolute atomic E-state index is 0.0119. The summed E-state index contributed by atoms with van der Waals surface area (Å²) in [5.74, 6) is -1.64. The Bertz CT molecular complexity index is 1990. The van der Waals surface area contributed by atoms with Crippen LogP contribution >= 0.6 is 0 Å². The number of benzene rings is 3. The van der Waals surface area contributed by atoms with Gasteiger partial charge in [0.2, 0.25) is 0 Å². The Morgan fingerprint density at radius 1 is 0.959 bits per heavy atom. The topological polar surface area (TPSA) is 129 Å². The molecule has 0 saturated carbocycles. The van der Waals surface area contributed by atoms with Gasteiger partial charge in [-0.3, -0.25) is 28.9 Å². The van der Waals surface area contributed by atoms with Gasteiger partial charge >= 0.3 is 11.9 Å². The van der Waals surface area contributed by atoms with Crippen molar-refractivity contribution in [3.63, 3.8) is 0 Å². The van der Waals surface area contributed by atoms with Crippen LogP contribution in [0.4, 0.5) is 33.3 Å². The first-order valence-corrected chi connectivity index (χ1v) is 15.2. The van der Waals surface area contributed by atoms with Crippen LogP contribution in [0.3, 0.4) is 0 Å². The predicted molar refractivity (Wildman–Crippen MR) is 171 cm³/mol. The molecule has 5 rings (SSSR count). The van der Waals surface area contributed by atoms with Gasteiger partial charge in [0, 0.05) is 61.7 Å². The van der Waals surface area contributed by atoms with E-state index in [9.17, 15) is 37.3 Å². The first-order valence-electron chi connectivity index (χ1n) is 15.2. The SMILES string of the molecule is COc1ccc(F)cc1[C@H](N)Cn1c(=O)c(N2CCN(Cc3cccc([N+](=O)[O-])c3)CC2)c(C)n(Cc2c(F)cccc2C(F)(F)F)c1=O. The van der Waals surface area contributed by atoms with E-state index in [2.05, 4.69) is 0 Å². The normalized spacial score (nSPS) is 14.6. The standard InChI is InChI=1S/C33H33F5N6O5/c1-20-30(41-13-11-40(12-14-41)17-21-5-3-6-23(15-21)44(47)48)31(45)43(19-28(39)24-16-22(34)9-10-29(24)49-2)32(46)42(20)18-25-26(33(36,37)38)7-4-8-27(25)35/h3-10,15-16,28H,11-14,17-19,39H2,1-2H3/t28-/m1/s1. The van der Waals surface area contributed by atoms with Crippen molar-refractivity contribution in [1.82, 2.24) is 14.0 Å². The maximum atomic E-state index is 15.0. The van der Waals surface area contributed by atoms with Crippen LogP contribution in [0.5, 0.6) is 5.75 Å². The number of alkyl halides is 3. The van der Waals surface area contributed by atoms with E-state index in [1.54, 1.807) is 17.0 Å². The van der Waals surface area contributed by atoms with Crippen molar-refractivity contribution in [3.8, 4) is 5.75 Å². The summed E-state index contributed by atoms with van der Waals surface area (Å²) in [5, 5.41) is 11.2. The van der Waals surface area contributed by atoms with Gasteiger partial charge in [0.05, 0.1) is 36.7 Å². The quantitative estimate of drug-likeness (QED) is 0.146. The summed E-state index contributed by atoms with van der Waals surface area (Å²) >= 11 is 0. The molecule has 0 bridgehead atoms. The molecule has 0 aliphatic carbocycles. The Kier molecular flexibility index (Phi) is 10.2. The summed E-state index contributed by atoms with van der Waals surface area (Å²) in [4.78, 5) is 42.4. The van der Waals surface area contributed by atoms with Gasteiger partial charge in [-0.25, -0.2) is 13.6 Å². The molecule has 2 N–H and O–H groups in total. The number of hydrogen-bond acceptors (Lipinski definition) is 8. The summed E-state index contributed by atoms with van der Waals surface area (Å²) in [5.41, 5.74) is 3.36. The van der Waals surface area contributed by atoms with Crippen molar-refractivity contribution in [2.45, 2.75) is 38.8 Å². The van der Waals surface area contributed by atoms with Crippen LogP contribution in [-0.4, -0.2) is 52.2 Å². The third kappa shape index (κ3) is 7.49. The summed E-state index contributed by atoms with van der Waals surface area (Å²) in [6.07, 6.45) is -4.93. The van der Waals surface area contributed by atoms with Crippen molar-refractivity contribution < 1.29 is 31.6 Å². The minimum atomic E-state index is -4.93. The van der Waals surface area contributed by atoms with Gasteiger partial charge in [-0.05, 0) is 42.8 Å². The average Bonchev–Trinajstić information content (AvgIpc) is 3.06. The predicted octanol–water partition coefficient (Wildman–Crippen LogP) is 4.60. The number of anilines is 1. The van der Waals surface area contributed by atoms with Crippen LogP contribution in [0.1, 0.15) is 34.0 Å². The number of ether oxygens (including phenoxy) is 1. The minimum Gasteiger partial charge on any atom is -0.496 e. The third-order valence-corrected chi connectivity index (χ3v) is 8.58. The van der Waals surface area contributed by atoms with Gasteiger partial charge < -0.3 is 15.4 Å². The monoisotopic (exact) mass is 688 g/mol. The Morgan fingerprint density at radius 2 is 1.65 bits per heavy atom. The Labute approximate surface area is 276 Å². The van der Waals surface area contributed by atoms with Crippen LogP contribution in [0, 0.1) is 28.7 Å². The molecule has 4 aromatic rings. The molecule has 2 heterocycles. The molecule has 0 amide bonds. The zero-order chi connectivity index (χ0) is 35.6. The maximum absolute atomic E-state index is 15.0. The van der Waals surface area contributed by atoms with E-state index >= 15 is 4.39 Å². The van der Waals surface area contributed by atoms with Crippen LogP contribution in [0.2, 0.25) is 0 Å². The molecule has 3 aromatic carbocycles. The van der Waals surface area contributed by atoms with E-state index in [0.29, 0.717) is 31.3 Å². The zero-order valence-electron chi connectivity index (χ0n) is 26.5. The molecule has 0 radical (unpaired) electrons. The van der Waals surface area contributed by atoms with Crippen LogP contribution < -0.4 is 26.6 Å². The number of piperazine rings is 1. The number of halogens is 5. The second kappa shape index (κ2) is 14.2. The number of rotatable bonds is 10. The molecule has 1 saturated heterocycles. The molecule has 0 unspecified atom stereocenters. The van der Waals surface area contributed by atoms with E-state index in [-0.39, 0.29) is 41.5 Å². The highest BCUT2D eigenvalue weighted by Crippen LogP contribution is 2.34. The molecule has 0 spiro atoms. The number of nitro groups is 1. The second-order valence-electron chi connectivity index (χ2n) is 11.7. The number of nitrogens with zero attached hydrogens (tertiary/aromatic N) is 5. The zero-order valence-corrected chi connectivity index (χ0v) is 26.5. The Morgan fingerprint density at radius 3 is 2.31 bits per heavy atom. The molecule has 1 aliphatic heterocycles. The number of aromatic nitrogens is 2. The lowest BCUT2D eigenvalue weighted by Crippen LogP contribution is -2.51. The summed E-state index contributed by atoms with van der Waals surface area (Å²) in [6, 6.07) is 11.1. The smallest absolute Gasteiger partial charge is 0.416 e. The van der Waals surface area contributed by atoms with Crippen LogP contribution in [-0.2, 0) is 25.8 Å². The highest BCUT2D eigenvalue weighted by atomic mass is 19.4. The van der Waals surface area contributed by atoms with Crippen molar-refractivity contribution in [2.24, 2.45) is 5.73 Å². The number of non-ortho nitro benzene ring substituents is 1. The van der Waals surface area contributed by atoms with Crippen molar-refractivity contribution in [3.05, 3.63) is 131 Å². The fourth-order valence-electron chi connectivity index (χ4n) is 6.09. The first-order chi connectivity index (χ1) is 23.2. The van der Waals surface area contributed by atoms with E-state index in [4.69, 9.17) is 10.5 Å². The van der Waals surface area contributed by atoms with Gasteiger partial charge in [-0.2, -0.15) is 13.2 Å². The number of nitrogens with two attached hydrogens (primary N) is 1. The van der Waals surface area contributed by atoms with E-state index in [0.717, 1.165) is 33.4 Å². The van der Waals surface area contributed by atoms with Crippen molar-refractivity contribution in [1.29, 1.82) is 0 Å². The average molecular weight is 689 g/mol. The van der Waals surface area contributed by atoms with Gasteiger partial charge in [0.1, 0.15) is 23.1 Å². The Hall–Kier alpha value is -5.09. The molecule has 1 atom stereocenters. The molecule has 260 valence electrons. The lowest BCUT2D eigenvalue weighted by molar-refractivity contribution is -0.384. The molecular weight excluding hydrogens is 655 g/mol. The molecule has 11 nitrogen and oxygen atoms in total. The number of nitro benzene ring substituents is 1. The maximum Gasteiger partial charge on any atom is 0.416 e. The van der Waals surface area contributed by atoms with E-state index in [1.807, 2.05) is 4.90 Å². The lowest BCUT2D eigenvalue weighted by Gasteiger charge is -2.37. The molecule has 1 fully saturated rings. The van der Waals surface area contributed by atoms with E-state index in [1.165, 1.54) is 32.2 Å².